The first kappa shape index (κ1) is 25.4. The third kappa shape index (κ3) is 6.22. The summed E-state index contributed by atoms with van der Waals surface area (Å²) in [6.07, 6.45) is 1.87. The lowest BCUT2D eigenvalue weighted by Gasteiger charge is -2.13. The molecule has 0 saturated heterocycles. The number of benzene rings is 2. The number of fused-ring (bicyclic) bond motifs is 1. The number of hydrogen-bond acceptors (Lipinski definition) is 7. The predicted molar refractivity (Wildman–Crippen MR) is 132 cm³/mol. The second kappa shape index (κ2) is 11.8. The smallest absolute Gasteiger partial charge is 0.258 e. The Labute approximate surface area is 201 Å². The summed E-state index contributed by atoms with van der Waals surface area (Å²) in [6.45, 7) is 11.0. The minimum absolute atomic E-state index is 0.0196. The van der Waals surface area contributed by atoms with E-state index in [9.17, 15) is 5.26 Å². The molecule has 1 aliphatic rings. The minimum Gasteiger partial charge on any atom is -0.490 e. The van der Waals surface area contributed by atoms with E-state index >= 15 is 0 Å². The van der Waals surface area contributed by atoms with Gasteiger partial charge in [-0.3, -0.25) is 0 Å². The molecule has 2 aromatic carbocycles. The van der Waals surface area contributed by atoms with Gasteiger partial charge in [-0.15, -0.1) is 0 Å². The number of aliphatic hydroxyl groups is 1. The van der Waals surface area contributed by atoms with Gasteiger partial charge >= 0.3 is 0 Å². The number of aromatic nitrogens is 2. The molecule has 7 nitrogen and oxygen atoms in total. The lowest BCUT2D eigenvalue weighted by Crippen LogP contribution is -2.22. The van der Waals surface area contributed by atoms with Crippen LogP contribution in [0.15, 0.2) is 40.9 Å². The highest BCUT2D eigenvalue weighted by atomic mass is 16.5. The topological polar surface area (TPSA) is 104 Å². The Hall–Kier alpha value is -3.21. The molecule has 0 spiro atoms. The summed E-state index contributed by atoms with van der Waals surface area (Å²) in [5.74, 6) is 2.27. The zero-order chi connectivity index (χ0) is 24.7. The van der Waals surface area contributed by atoms with Crippen molar-refractivity contribution in [1.29, 1.82) is 5.26 Å². The van der Waals surface area contributed by atoms with Crippen LogP contribution < -0.4 is 10.1 Å². The van der Waals surface area contributed by atoms with E-state index in [1.54, 1.807) is 12.1 Å². The van der Waals surface area contributed by atoms with Crippen LogP contribution >= 0.6 is 0 Å². The maximum Gasteiger partial charge on any atom is 0.258 e. The highest BCUT2D eigenvalue weighted by Crippen LogP contribution is 2.37. The lowest BCUT2D eigenvalue weighted by atomic mass is 10.0. The summed E-state index contributed by atoms with van der Waals surface area (Å²) in [7, 11) is 0. The summed E-state index contributed by atoms with van der Waals surface area (Å²) in [5, 5.41) is 26.1. The third-order valence-corrected chi connectivity index (χ3v) is 5.15. The number of nitrogens with one attached hydrogen (secondary N) is 1. The molecule has 4 rings (SSSR count). The molecule has 1 unspecified atom stereocenters. The van der Waals surface area contributed by atoms with Gasteiger partial charge < -0.3 is 19.7 Å². The molecule has 0 saturated carbocycles. The number of rotatable bonds is 7. The van der Waals surface area contributed by atoms with E-state index in [1.807, 2.05) is 32.0 Å². The van der Waals surface area contributed by atoms with Gasteiger partial charge in [-0.05, 0) is 61.9 Å². The van der Waals surface area contributed by atoms with E-state index in [1.165, 1.54) is 11.1 Å². The molecule has 1 heterocycles. The first-order valence-electron chi connectivity index (χ1n) is 11.8. The number of nitrogens with zero attached hydrogens (tertiary/aromatic N) is 3. The van der Waals surface area contributed by atoms with Crippen molar-refractivity contribution in [3.63, 3.8) is 0 Å². The molecule has 1 atom stereocenters. The quantitative estimate of drug-likeness (QED) is 0.491. The summed E-state index contributed by atoms with van der Waals surface area (Å²) >= 11 is 0. The van der Waals surface area contributed by atoms with Crippen LogP contribution in [0, 0.1) is 17.2 Å². The van der Waals surface area contributed by atoms with E-state index < -0.39 is 0 Å². The number of ether oxygens (including phenoxy) is 1. The van der Waals surface area contributed by atoms with Crippen molar-refractivity contribution in [2.24, 2.45) is 5.92 Å². The van der Waals surface area contributed by atoms with Crippen molar-refractivity contribution >= 4 is 0 Å². The maximum absolute atomic E-state index is 9.46. The Morgan fingerprint density at radius 3 is 2.65 bits per heavy atom. The average molecular weight is 463 g/mol. The molecular formula is C27H34N4O3. The van der Waals surface area contributed by atoms with Crippen LogP contribution in [-0.4, -0.2) is 34.5 Å². The molecule has 3 aromatic rings. The van der Waals surface area contributed by atoms with Crippen molar-refractivity contribution in [3.05, 3.63) is 53.1 Å². The standard InChI is InChI=1S/C23H24N4O3.C4H10/c1-14(2)29-21-9-6-15(12-16(21)13-24)23-26-22(27-30-23)19-5-3-4-18-17(19)7-8-20(18)25-10-11-28;1-4(2)3/h3-6,9,12,14,20,25,28H,7-8,10-11H2,1-2H3;4H,1-3H3. The zero-order valence-corrected chi connectivity index (χ0v) is 20.6. The van der Waals surface area contributed by atoms with Crippen molar-refractivity contribution in [2.45, 2.75) is 59.6 Å². The van der Waals surface area contributed by atoms with Crippen LogP contribution in [0.3, 0.4) is 0 Å². The van der Waals surface area contributed by atoms with Crippen molar-refractivity contribution in [3.8, 4) is 34.7 Å². The van der Waals surface area contributed by atoms with Crippen molar-refractivity contribution in [1.82, 2.24) is 15.5 Å². The van der Waals surface area contributed by atoms with E-state index in [-0.39, 0.29) is 18.8 Å². The van der Waals surface area contributed by atoms with Crippen LogP contribution in [0.4, 0.5) is 0 Å². The van der Waals surface area contributed by atoms with Gasteiger partial charge in [-0.2, -0.15) is 10.2 Å². The Bertz CT molecular complexity index is 1130. The Balaban J connectivity index is 0.000000751. The molecule has 1 aromatic heterocycles. The highest BCUT2D eigenvalue weighted by Gasteiger charge is 2.26. The van der Waals surface area contributed by atoms with Crippen LogP contribution in [0.1, 0.15) is 63.8 Å². The molecule has 180 valence electrons. The summed E-state index contributed by atoms with van der Waals surface area (Å²) in [5.41, 5.74) is 4.49. The van der Waals surface area contributed by atoms with E-state index in [0.717, 1.165) is 24.3 Å². The molecule has 0 radical (unpaired) electrons. The van der Waals surface area contributed by atoms with E-state index in [4.69, 9.17) is 14.4 Å². The van der Waals surface area contributed by atoms with E-state index in [2.05, 4.69) is 48.4 Å². The van der Waals surface area contributed by atoms with E-state index in [0.29, 0.717) is 35.1 Å². The average Bonchev–Trinajstić information content (AvgIpc) is 3.45. The van der Waals surface area contributed by atoms with Gasteiger partial charge in [0.25, 0.3) is 5.89 Å². The summed E-state index contributed by atoms with van der Waals surface area (Å²) in [6, 6.07) is 13.8. The predicted octanol–water partition coefficient (Wildman–Crippen LogP) is 5.29. The summed E-state index contributed by atoms with van der Waals surface area (Å²) in [4.78, 5) is 4.59. The number of aliphatic hydroxyl groups excluding tert-OH is 1. The van der Waals surface area contributed by atoms with Crippen molar-refractivity contribution < 1.29 is 14.4 Å². The molecule has 1 aliphatic carbocycles. The largest absolute Gasteiger partial charge is 0.490 e. The van der Waals surface area contributed by atoms with Crippen molar-refractivity contribution in [2.75, 3.05) is 13.2 Å². The van der Waals surface area contributed by atoms with Crippen LogP contribution in [0.5, 0.6) is 5.75 Å². The maximum atomic E-state index is 9.46. The SMILES string of the molecule is CC(C)C.CC(C)Oc1ccc(-c2nc(-c3cccc4c3CCC4NCCO)no2)cc1C#N. The number of hydrogen-bond donors (Lipinski definition) is 2. The molecular weight excluding hydrogens is 428 g/mol. The van der Waals surface area contributed by atoms with Gasteiger partial charge in [-0.1, -0.05) is 44.1 Å². The molecule has 7 heteroatoms. The highest BCUT2D eigenvalue weighted by molar-refractivity contribution is 5.67. The van der Waals surface area contributed by atoms with Gasteiger partial charge in [0, 0.05) is 23.7 Å². The molecule has 2 N–H and O–H groups in total. The van der Waals surface area contributed by atoms with Gasteiger partial charge in [0.15, 0.2) is 0 Å². The second-order valence-corrected chi connectivity index (χ2v) is 9.29. The molecule has 0 bridgehead atoms. The monoisotopic (exact) mass is 462 g/mol. The number of nitriles is 1. The molecule has 34 heavy (non-hydrogen) atoms. The van der Waals surface area contributed by atoms with Gasteiger partial charge in [0.1, 0.15) is 11.8 Å². The molecule has 0 amide bonds. The van der Waals surface area contributed by atoms with Crippen LogP contribution in [0.2, 0.25) is 0 Å². The third-order valence-electron chi connectivity index (χ3n) is 5.15. The fourth-order valence-electron chi connectivity index (χ4n) is 3.87. The van der Waals surface area contributed by atoms with Gasteiger partial charge in [-0.25, -0.2) is 0 Å². The normalized spacial score (nSPS) is 14.5. The first-order valence-corrected chi connectivity index (χ1v) is 11.8. The summed E-state index contributed by atoms with van der Waals surface area (Å²) < 4.78 is 11.2. The fourth-order valence-corrected chi connectivity index (χ4v) is 3.87. The molecule has 0 aliphatic heterocycles. The van der Waals surface area contributed by atoms with Gasteiger partial charge in [0.2, 0.25) is 5.82 Å². The second-order valence-electron chi connectivity index (χ2n) is 9.29. The fraction of sp³-hybridized carbons (Fsp3) is 0.444. The minimum atomic E-state index is -0.0196. The van der Waals surface area contributed by atoms with Crippen LogP contribution in [-0.2, 0) is 6.42 Å². The molecule has 0 fully saturated rings. The first-order chi connectivity index (χ1) is 16.3. The Morgan fingerprint density at radius 2 is 1.97 bits per heavy atom. The zero-order valence-electron chi connectivity index (χ0n) is 20.6. The van der Waals surface area contributed by atoms with Gasteiger partial charge in [0.05, 0.1) is 18.3 Å². The van der Waals surface area contributed by atoms with Crippen LogP contribution in [0.25, 0.3) is 22.8 Å². The lowest BCUT2D eigenvalue weighted by molar-refractivity contribution is 0.241. The Morgan fingerprint density at radius 1 is 1.21 bits per heavy atom. The Kier molecular flexibility index (Phi) is 8.80.